The zero-order valence-corrected chi connectivity index (χ0v) is 21.6. The lowest BCUT2D eigenvalue weighted by Gasteiger charge is -2.11. The van der Waals surface area contributed by atoms with Gasteiger partial charge >= 0.3 is 5.97 Å². The third kappa shape index (κ3) is 6.71. The number of H-pyrrole nitrogens is 1. The number of allylic oxidation sites excluding steroid dienone is 1. The Labute approximate surface area is 225 Å². The van der Waals surface area contributed by atoms with Crippen LogP contribution in [0.3, 0.4) is 0 Å². The molecule has 4 N–H and O–H groups in total. The number of carboxylic acids is 2. The number of ether oxygens (including phenoxy) is 1. The standard InChI is InChI=1S/C27H24N4O4.C2H4O2/c1-17-14-18(6-5-13-31-11-2-3-12-31)8-9-21(17)30-26-23(27(33)34)24(32)22(35-26)15-19-16-29-25-20(19)7-4-10-28-25;1-2(3)4/h4,7-10,14-16,30H,2-3,11-13H2,1H3,(H,28,29)(H,33,34);1H3,(H,3,4). The Morgan fingerprint density at radius 2 is 1.97 bits per heavy atom. The fourth-order valence-corrected chi connectivity index (χ4v) is 4.25. The normalized spacial score (nSPS) is 15.9. The molecule has 39 heavy (non-hydrogen) atoms. The minimum absolute atomic E-state index is 0.0725. The summed E-state index contributed by atoms with van der Waals surface area (Å²) in [6.45, 7) is 5.93. The van der Waals surface area contributed by atoms with E-state index in [9.17, 15) is 14.7 Å². The number of ketones is 1. The van der Waals surface area contributed by atoms with Gasteiger partial charge in [0, 0.05) is 41.5 Å². The van der Waals surface area contributed by atoms with Crippen molar-refractivity contribution in [2.75, 3.05) is 25.0 Å². The largest absolute Gasteiger partial charge is 0.481 e. The van der Waals surface area contributed by atoms with Crippen LogP contribution in [-0.2, 0) is 19.1 Å². The van der Waals surface area contributed by atoms with Crippen LogP contribution in [0.1, 0.15) is 36.5 Å². The average molecular weight is 529 g/mol. The van der Waals surface area contributed by atoms with E-state index in [2.05, 4.69) is 32.0 Å². The number of likely N-dealkylation sites (tertiary alicyclic amines) is 1. The second kappa shape index (κ2) is 12.1. The van der Waals surface area contributed by atoms with Crippen molar-refractivity contribution in [3.05, 3.63) is 76.6 Å². The summed E-state index contributed by atoms with van der Waals surface area (Å²) in [6.07, 6.45) is 7.34. The maximum absolute atomic E-state index is 12.9. The molecule has 0 aliphatic carbocycles. The van der Waals surface area contributed by atoms with Gasteiger partial charge in [-0.05, 0) is 74.8 Å². The van der Waals surface area contributed by atoms with E-state index in [4.69, 9.17) is 14.6 Å². The van der Waals surface area contributed by atoms with E-state index in [1.165, 1.54) is 18.9 Å². The lowest BCUT2D eigenvalue weighted by atomic mass is 10.1. The van der Waals surface area contributed by atoms with Crippen molar-refractivity contribution < 1.29 is 29.3 Å². The fraction of sp³-hybridized carbons (Fsp3) is 0.241. The second-order valence-electron chi connectivity index (χ2n) is 9.05. The van der Waals surface area contributed by atoms with Crippen LogP contribution in [0, 0.1) is 18.8 Å². The first kappa shape index (κ1) is 27.2. The molecule has 10 nitrogen and oxygen atoms in total. The summed E-state index contributed by atoms with van der Waals surface area (Å²) in [5, 5.41) is 20.9. The molecule has 1 fully saturated rings. The molecule has 2 aromatic heterocycles. The van der Waals surface area contributed by atoms with Crippen LogP contribution in [0.2, 0.25) is 0 Å². The molecule has 1 saturated heterocycles. The number of benzene rings is 1. The van der Waals surface area contributed by atoms with Gasteiger partial charge in [0.2, 0.25) is 11.7 Å². The highest BCUT2D eigenvalue weighted by molar-refractivity contribution is 6.26. The van der Waals surface area contributed by atoms with Gasteiger partial charge in [0.25, 0.3) is 5.97 Å². The van der Waals surface area contributed by atoms with Crippen LogP contribution >= 0.6 is 0 Å². The summed E-state index contributed by atoms with van der Waals surface area (Å²) in [4.78, 5) is 43.3. The molecule has 0 atom stereocenters. The molecule has 2 aliphatic rings. The van der Waals surface area contributed by atoms with Gasteiger partial charge in [0.1, 0.15) is 5.65 Å². The van der Waals surface area contributed by atoms with Gasteiger partial charge in [0.15, 0.2) is 11.3 Å². The zero-order valence-electron chi connectivity index (χ0n) is 21.6. The predicted octanol–water partition coefficient (Wildman–Crippen LogP) is 3.76. The number of aryl methyl sites for hydroxylation is 1. The van der Waals surface area contributed by atoms with Crippen molar-refractivity contribution in [2.24, 2.45) is 0 Å². The van der Waals surface area contributed by atoms with Crippen LogP contribution in [0.4, 0.5) is 5.69 Å². The number of anilines is 1. The average Bonchev–Trinajstić information content (AvgIpc) is 3.61. The highest BCUT2D eigenvalue weighted by Crippen LogP contribution is 2.30. The van der Waals surface area contributed by atoms with Crippen LogP contribution in [0.25, 0.3) is 17.1 Å². The van der Waals surface area contributed by atoms with Crippen molar-refractivity contribution in [3.8, 4) is 11.8 Å². The number of aliphatic carboxylic acids is 2. The summed E-state index contributed by atoms with van der Waals surface area (Å²) in [6, 6.07) is 9.23. The van der Waals surface area contributed by atoms with E-state index in [1.54, 1.807) is 18.5 Å². The van der Waals surface area contributed by atoms with Gasteiger partial charge in [0.05, 0.1) is 6.54 Å². The first-order chi connectivity index (χ1) is 18.7. The second-order valence-corrected chi connectivity index (χ2v) is 9.05. The number of pyridine rings is 1. The molecule has 5 rings (SSSR count). The molecule has 3 aromatic rings. The maximum Gasteiger partial charge on any atom is 0.345 e. The number of hydrogen-bond acceptors (Lipinski definition) is 7. The molecule has 0 bridgehead atoms. The van der Waals surface area contributed by atoms with E-state index in [-0.39, 0.29) is 11.6 Å². The van der Waals surface area contributed by atoms with Crippen molar-refractivity contribution in [1.82, 2.24) is 14.9 Å². The third-order valence-corrected chi connectivity index (χ3v) is 6.08. The Hall–Kier alpha value is -4.88. The van der Waals surface area contributed by atoms with Crippen LogP contribution in [0.15, 0.2) is 59.9 Å². The number of carbonyl (C=O) groups excluding carboxylic acids is 1. The number of carboxylic acid groups (broad SMARTS) is 2. The molecule has 0 spiro atoms. The molecule has 0 radical (unpaired) electrons. The van der Waals surface area contributed by atoms with E-state index in [1.807, 2.05) is 31.2 Å². The Balaban J connectivity index is 0.000000826. The first-order valence-electron chi connectivity index (χ1n) is 12.3. The zero-order chi connectivity index (χ0) is 27.9. The SMILES string of the molecule is CC(=O)O.Cc1cc(C#CCN2CCCC2)ccc1NC1=C(C(=O)O)C(=O)C(=Cc2c[nH]c3ncccc23)O1. The topological polar surface area (TPSA) is 145 Å². The lowest BCUT2D eigenvalue weighted by Crippen LogP contribution is -2.18. The summed E-state index contributed by atoms with van der Waals surface area (Å²) in [7, 11) is 0. The molecule has 200 valence electrons. The van der Waals surface area contributed by atoms with E-state index < -0.39 is 23.3 Å². The van der Waals surface area contributed by atoms with Gasteiger partial charge in [-0.1, -0.05) is 11.8 Å². The van der Waals surface area contributed by atoms with Crippen LogP contribution in [0.5, 0.6) is 0 Å². The summed E-state index contributed by atoms with van der Waals surface area (Å²) in [5.74, 6) is 3.33. The predicted molar refractivity (Wildman–Crippen MR) is 145 cm³/mol. The minimum Gasteiger partial charge on any atom is -0.481 e. The minimum atomic E-state index is -1.36. The summed E-state index contributed by atoms with van der Waals surface area (Å²) in [5.41, 5.74) is 3.25. The third-order valence-electron chi connectivity index (χ3n) is 6.08. The van der Waals surface area contributed by atoms with Crippen molar-refractivity contribution in [3.63, 3.8) is 0 Å². The van der Waals surface area contributed by atoms with Crippen molar-refractivity contribution in [2.45, 2.75) is 26.7 Å². The Morgan fingerprint density at radius 3 is 2.67 bits per heavy atom. The van der Waals surface area contributed by atoms with Crippen LogP contribution in [-0.4, -0.2) is 62.4 Å². The Morgan fingerprint density at radius 1 is 1.23 bits per heavy atom. The van der Waals surface area contributed by atoms with Gasteiger partial charge in [-0.3, -0.25) is 14.5 Å². The highest BCUT2D eigenvalue weighted by Gasteiger charge is 2.36. The molecule has 0 unspecified atom stereocenters. The number of rotatable bonds is 5. The smallest absolute Gasteiger partial charge is 0.345 e. The molecule has 0 amide bonds. The molecule has 10 heteroatoms. The molecule has 4 heterocycles. The fourth-order valence-electron chi connectivity index (χ4n) is 4.25. The van der Waals surface area contributed by atoms with Crippen molar-refractivity contribution >= 4 is 40.5 Å². The van der Waals surface area contributed by atoms with E-state index in [0.29, 0.717) is 16.9 Å². The van der Waals surface area contributed by atoms with Gasteiger partial charge in [-0.2, -0.15) is 0 Å². The Kier molecular flexibility index (Phi) is 8.43. The number of nitrogens with one attached hydrogen (secondary N) is 2. The highest BCUT2D eigenvalue weighted by atomic mass is 16.5. The van der Waals surface area contributed by atoms with Gasteiger partial charge < -0.3 is 25.3 Å². The number of aromatic nitrogens is 2. The van der Waals surface area contributed by atoms with Gasteiger partial charge in [-0.25, -0.2) is 9.78 Å². The van der Waals surface area contributed by atoms with E-state index >= 15 is 0 Å². The number of carbonyl (C=O) groups is 3. The van der Waals surface area contributed by atoms with E-state index in [0.717, 1.165) is 43.1 Å². The summed E-state index contributed by atoms with van der Waals surface area (Å²) < 4.78 is 5.71. The number of hydrogen-bond donors (Lipinski definition) is 4. The Bertz CT molecular complexity index is 1550. The molecular weight excluding hydrogens is 500 g/mol. The molecule has 1 aromatic carbocycles. The molecule has 0 saturated carbocycles. The molecular formula is C29H28N4O6. The number of fused-ring (bicyclic) bond motifs is 1. The van der Waals surface area contributed by atoms with Gasteiger partial charge in [-0.15, -0.1) is 0 Å². The number of Topliss-reactive ketones (excluding diaryl/α,β-unsaturated/α-hetero) is 1. The van der Waals surface area contributed by atoms with Crippen LogP contribution < -0.4 is 5.32 Å². The quantitative estimate of drug-likeness (QED) is 0.221. The summed E-state index contributed by atoms with van der Waals surface area (Å²) >= 11 is 0. The molecule has 2 aliphatic heterocycles. The first-order valence-corrected chi connectivity index (χ1v) is 12.3. The number of nitrogens with zero attached hydrogens (tertiary/aromatic N) is 2. The lowest BCUT2D eigenvalue weighted by molar-refractivity contribution is -0.135. The number of aromatic amines is 1. The maximum atomic E-state index is 12.9. The van der Waals surface area contributed by atoms with Crippen molar-refractivity contribution in [1.29, 1.82) is 0 Å². The monoisotopic (exact) mass is 528 g/mol.